The number of hydrogen-bond acceptors (Lipinski definition) is 3. The van der Waals surface area contributed by atoms with E-state index in [1.165, 1.54) is 17.7 Å². The van der Waals surface area contributed by atoms with Gasteiger partial charge in [-0.2, -0.15) is 0 Å². The minimum Gasteiger partial charge on any atom is -0.319 e. The van der Waals surface area contributed by atoms with Gasteiger partial charge in [-0.1, -0.05) is 6.92 Å². The molecule has 3 heteroatoms. The van der Waals surface area contributed by atoms with Crippen molar-refractivity contribution in [3.63, 3.8) is 0 Å². The number of nitrogens with two attached hydrogens (primary N) is 1. The van der Waals surface area contributed by atoms with Gasteiger partial charge in [-0.25, -0.2) is 4.98 Å². The highest BCUT2D eigenvalue weighted by atomic mass is 32.1. The SMILES string of the molecule is Cc1nc(C(C)(N)C2(C)CC2)sc1C. The maximum Gasteiger partial charge on any atom is 0.113 e. The molecule has 14 heavy (non-hydrogen) atoms. The van der Waals surface area contributed by atoms with Crippen LogP contribution in [0.5, 0.6) is 0 Å². The monoisotopic (exact) mass is 210 g/mol. The predicted molar refractivity (Wildman–Crippen MR) is 60.5 cm³/mol. The molecule has 1 aliphatic carbocycles. The Labute approximate surface area is 89.5 Å². The second-order valence-corrected chi connectivity index (χ2v) is 6.13. The number of aromatic nitrogens is 1. The van der Waals surface area contributed by atoms with Crippen molar-refractivity contribution in [1.29, 1.82) is 0 Å². The third-order valence-electron chi connectivity index (χ3n) is 3.73. The van der Waals surface area contributed by atoms with Crippen LogP contribution in [0.4, 0.5) is 0 Å². The van der Waals surface area contributed by atoms with E-state index in [-0.39, 0.29) is 11.0 Å². The molecule has 1 atom stereocenters. The van der Waals surface area contributed by atoms with E-state index in [1.54, 1.807) is 11.3 Å². The van der Waals surface area contributed by atoms with E-state index in [0.29, 0.717) is 0 Å². The molecule has 0 aromatic carbocycles. The van der Waals surface area contributed by atoms with Crippen LogP contribution in [0.25, 0.3) is 0 Å². The number of thiazole rings is 1. The van der Waals surface area contributed by atoms with Crippen molar-refractivity contribution in [3.8, 4) is 0 Å². The third-order valence-corrected chi connectivity index (χ3v) is 5.04. The maximum absolute atomic E-state index is 6.41. The van der Waals surface area contributed by atoms with Crippen LogP contribution in [-0.4, -0.2) is 4.98 Å². The van der Waals surface area contributed by atoms with Gasteiger partial charge in [0.1, 0.15) is 5.01 Å². The van der Waals surface area contributed by atoms with Crippen molar-refractivity contribution < 1.29 is 0 Å². The molecule has 0 saturated heterocycles. The number of rotatable bonds is 2. The van der Waals surface area contributed by atoms with Crippen LogP contribution in [0.15, 0.2) is 0 Å². The Morgan fingerprint density at radius 3 is 2.36 bits per heavy atom. The summed E-state index contributed by atoms with van der Waals surface area (Å²) in [6.07, 6.45) is 2.47. The Bertz CT molecular complexity index is 342. The predicted octanol–water partition coefficient (Wildman–Crippen LogP) is 2.73. The van der Waals surface area contributed by atoms with Crippen LogP contribution in [0.3, 0.4) is 0 Å². The highest BCUT2D eigenvalue weighted by Gasteiger charge is 2.53. The van der Waals surface area contributed by atoms with Gasteiger partial charge in [-0.05, 0) is 39.0 Å². The van der Waals surface area contributed by atoms with Gasteiger partial charge in [0.25, 0.3) is 0 Å². The zero-order valence-corrected chi connectivity index (χ0v) is 10.2. The summed E-state index contributed by atoms with van der Waals surface area (Å²) in [6, 6.07) is 0. The van der Waals surface area contributed by atoms with Gasteiger partial charge in [0.15, 0.2) is 0 Å². The molecule has 0 bridgehead atoms. The van der Waals surface area contributed by atoms with Gasteiger partial charge >= 0.3 is 0 Å². The normalized spacial score (nSPS) is 23.2. The fourth-order valence-electron chi connectivity index (χ4n) is 1.66. The van der Waals surface area contributed by atoms with Gasteiger partial charge in [0.05, 0.1) is 11.2 Å². The first-order chi connectivity index (χ1) is 6.37. The highest BCUT2D eigenvalue weighted by molar-refractivity contribution is 7.11. The fraction of sp³-hybridized carbons (Fsp3) is 0.727. The molecule has 0 spiro atoms. The lowest BCUT2D eigenvalue weighted by molar-refractivity contribution is 0.299. The van der Waals surface area contributed by atoms with Crippen molar-refractivity contribution in [1.82, 2.24) is 4.98 Å². The summed E-state index contributed by atoms with van der Waals surface area (Å²) in [5, 5.41) is 1.10. The van der Waals surface area contributed by atoms with Gasteiger partial charge in [-0.15, -0.1) is 11.3 Å². The van der Waals surface area contributed by atoms with Gasteiger partial charge < -0.3 is 5.73 Å². The van der Waals surface area contributed by atoms with Crippen LogP contribution in [0, 0.1) is 19.3 Å². The Morgan fingerprint density at radius 1 is 1.43 bits per heavy atom. The summed E-state index contributed by atoms with van der Waals surface area (Å²) in [6.45, 7) is 8.55. The molecule has 1 saturated carbocycles. The molecule has 2 N–H and O–H groups in total. The number of aryl methyl sites for hydroxylation is 2. The summed E-state index contributed by atoms with van der Waals surface area (Å²) in [4.78, 5) is 5.87. The van der Waals surface area contributed by atoms with E-state index in [0.717, 1.165) is 10.7 Å². The third kappa shape index (κ3) is 1.30. The lowest BCUT2D eigenvalue weighted by Gasteiger charge is -2.29. The van der Waals surface area contributed by atoms with Crippen LogP contribution in [-0.2, 0) is 5.54 Å². The van der Waals surface area contributed by atoms with E-state index < -0.39 is 0 Å². The standard InChI is InChI=1S/C11H18N2S/c1-7-8(2)14-9(13-7)11(4,12)10(3)5-6-10/h5-6,12H2,1-4H3. The molecule has 1 fully saturated rings. The molecule has 1 aromatic rings. The molecule has 1 aliphatic rings. The van der Waals surface area contributed by atoms with E-state index in [9.17, 15) is 0 Å². The quantitative estimate of drug-likeness (QED) is 0.815. The van der Waals surface area contributed by atoms with Gasteiger partial charge in [0, 0.05) is 4.88 Å². The van der Waals surface area contributed by atoms with Crippen molar-refractivity contribution in [2.45, 2.75) is 46.1 Å². The van der Waals surface area contributed by atoms with E-state index >= 15 is 0 Å². The summed E-state index contributed by atoms with van der Waals surface area (Å²) in [7, 11) is 0. The molecule has 1 aromatic heterocycles. The Balaban J connectivity index is 2.38. The highest BCUT2D eigenvalue weighted by Crippen LogP contribution is 2.57. The van der Waals surface area contributed by atoms with Crippen LogP contribution < -0.4 is 5.73 Å². The lowest BCUT2D eigenvalue weighted by Crippen LogP contribution is -2.41. The number of hydrogen-bond donors (Lipinski definition) is 1. The minimum atomic E-state index is -0.239. The molecule has 0 amide bonds. The first-order valence-electron chi connectivity index (χ1n) is 5.10. The van der Waals surface area contributed by atoms with Gasteiger partial charge in [0.2, 0.25) is 0 Å². The second kappa shape index (κ2) is 2.80. The summed E-state index contributed by atoms with van der Waals surface area (Å²) < 4.78 is 0. The van der Waals surface area contributed by atoms with E-state index in [4.69, 9.17) is 5.73 Å². The number of nitrogens with zero attached hydrogens (tertiary/aromatic N) is 1. The molecule has 0 radical (unpaired) electrons. The zero-order chi connectivity index (χ0) is 10.6. The molecule has 1 heterocycles. The zero-order valence-electron chi connectivity index (χ0n) is 9.35. The molecule has 1 unspecified atom stereocenters. The topological polar surface area (TPSA) is 38.9 Å². The van der Waals surface area contributed by atoms with Crippen molar-refractivity contribution >= 4 is 11.3 Å². The summed E-state index contributed by atoms with van der Waals surface area (Å²) >= 11 is 1.75. The maximum atomic E-state index is 6.41. The molecular weight excluding hydrogens is 192 g/mol. The average molecular weight is 210 g/mol. The van der Waals surface area contributed by atoms with E-state index in [2.05, 4.69) is 32.7 Å². The molecular formula is C11H18N2S. The minimum absolute atomic E-state index is 0.239. The summed E-state index contributed by atoms with van der Waals surface area (Å²) in [5.41, 5.74) is 7.58. The van der Waals surface area contributed by atoms with Crippen LogP contribution in [0.2, 0.25) is 0 Å². The Kier molecular flexibility index (Phi) is 2.02. The Hall–Kier alpha value is -0.410. The smallest absolute Gasteiger partial charge is 0.113 e. The van der Waals surface area contributed by atoms with Crippen molar-refractivity contribution in [2.24, 2.45) is 11.1 Å². The average Bonchev–Trinajstić information content (AvgIpc) is 2.75. The van der Waals surface area contributed by atoms with Crippen molar-refractivity contribution in [3.05, 3.63) is 15.6 Å². The molecule has 78 valence electrons. The van der Waals surface area contributed by atoms with Crippen molar-refractivity contribution in [2.75, 3.05) is 0 Å². The molecule has 0 aliphatic heterocycles. The summed E-state index contributed by atoms with van der Waals surface area (Å²) in [5.74, 6) is 0. The first-order valence-corrected chi connectivity index (χ1v) is 5.92. The van der Waals surface area contributed by atoms with Crippen LogP contribution >= 0.6 is 11.3 Å². The Morgan fingerprint density at radius 2 is 2.00 bits per heavy atom. The van der Waals surface area contributed by atoms with Crippen LogP contribution in [0.1, 0.15) is 42.3 Å². The fourth-order valence-corrected chi connectivity index (χ4v) is 2.78. The first kappa shape index (κ1) is 10.1. The molecule has 2 rings (SSSR count). The lowest BCUT2D eigenvalue weighted by atomic mass is 9.85. The van der Waals surface area contributed by atoms with Gasteiger partial charge in [-0.3, -0.25) is 0 Å². The second-order valence-electron chi connectivity index (χ2n) is 4.92. The molecule has 2 nitrogen and oxygen atoms in total. The largest absolute Gasteiger partial charge is 0.319 e. The van der Waals surface area contributed by atoms with E-state index in [1.807, 2.05) is 0 Å².